The lowest BCUT2D eigenvalue weighted by Crippen LogP contribution is -2.24. The van der Waals surface area contributed by atoms with Gasteiger partial charge in [-0.25, -0.2) is 0 Å². The fraction of sp³-hybridized carbons (Fsp3) is 0.364. The van der Waals surface area contributed by atoms with Gasteiger partial charge < -0.3 is 10.1 Å². The van der Waals surface area contributed by atoms with Crippen molar-refractivity contribution in [2.24, 2.45) is 4.99 Å². The van der Waals surface area contributed by atoms with E-state index < -0.39 is 0 Å². The predicted molar refractivity (Wildman–Crippen MR) is 64.7 cm³/mol. The number of hydrogen-bond acceptors (Lipinski definition) is 4. The lowest BCUT2D eigenvalue weighted by molar-refractivity contribution is 0.323. The van der Waals surface area contributed by atoms with Gasteiger partial charge in [-0.15, -0.1) is 0 Å². The van der Waals surface area contributed by atoms with Crippen molar-refractivity contribution in [3.63, 3.8) is 0 Å². The Kier molecular flexibility index (Phi) is 3.91. The molecule has 0 radical (unpaired) electrons. The van der Waals surface area contributed by atoms with E-state index >= 15 is 0 Å². The topological polar surface area (TPSA) is 33.6 Å². The van der Waals surface area contributed by atoms with Gasteiger partial charge in [0.25, 0.3) is 0 Å². The van der Waals surface area contributed by atoms with Gasteiger partial charge in [0, 0.05) is 5.75 Å². The number of thioether (sulfide) groups is 1. The molecule has 0 aromatic heterocycles. The van der Waals surface area contributed by atoms with Crippen molar-refractivity contribution < 1.29 is 4.74 Å². The largest absolute Gasteiger partial charge is 0.492 e. The molecule has 15 heavy (non-hydrogen) atoms. The lowest BCUT2D eigenvalue weighted by Gasteiger charge is -2.07. The molecular formula is C11H14N2OS. The van der Waals surface area contributed by atoms with Crippen LogP contribution in [0.3, 0.4) is 0 Å². The monoisotopic (exact) mass is 222 g/mol. The molecule has 0 aliphatic carbocycles. The van der Waals surface area contributed by atoms with Gasteiger partial charge in [-0.05, 0) is 12.1 Å². The van der Waals surface area contributed by atoms with E-state index in [1.807, 2.05) is 30.3 Å². The highest BCUT2D eigenvalue weighted by Crippen LogP contribution is 2.09. The van der Waals surface area contributed by atoms with Crippen LogP contribution in [-0.4, -0.2) is 30.6 Å². The molecule has 1 aliphatic heterocycles. The molecule has 0 unspecified atom stereocenters. The van der Waals surface area contributed by atoms with Crippen molar-refractivity contribution in [3.05, 3.63) is 30.3 Å². The molecule has 0 saturated carbocycles. The predicted octanol–water partition coefficient (Wildman–Crippen LogP) is 1.76. The van der Waals surface area contributed by atoms with E-state index in [2.05, 4.69) is 10.3 Å². The molecular weight excluding hydrogens is 208 g/mol. The second kappa shape index (κ2) is 5.66. The number of amidine groups is 1. The van der Waals surface area contributed by atoms with E-state index in [-0.39, 0.29) is 0 Å². The van der Waals surface area contributed by atoms with Crippen molar-refractivity contribution in [2.75, 3.05) is 25.4 Å². The summed E-state index contributed by atoms with van der Waals surface area (Å²) in [7, 11) is 0. The average molecular weight is 222 g/mol. The highest BCUT2D eigenvalue weighted by atomic mass is 32.2. The maximum atomic E-state index is 5.54. The Morgan fingerprint density at radius 2 is 2.20 bits per heavy atom. The molecule has 0 atom stereocenters. The number of nitrogens with zero attached hydrogens (tertiary/aromatic N) is 1. The van der Waals surface area contributed by atoms with Crippen LogP contribution in [0.15, 0.2) is 35.3 Å². The number of rotatable bonds is 4. The summed E-state index contributed by atoms with van der Waals surface area (Å²) in [5.74, 6) is 2.02. The van der Waals surface area contributed by atoms with E-state index in [1.54, 1.807) is 11.8 Å². The zero-order chi connectivity index (χ0) is 10.3. The summed E-state index contributed by atoms with van der Waals surface area (Å²) >= 11 is 1.77. The Bertz CT molecular complexity index is 327. The average Bonchev–Trinajstić information content (AvgIpc) is 2.79. The smallest absolute Gasteiger partial charge is 0.156 e. The van der Waals surface area contributed by atoms with Crippen molar-refractivity contribution in [2.45, 2.75) is 0 Å². The van der Waals surface area contributed by atoms with Crippen LogP contribution < -0.4 is 10.1 Å². The van der Waals surface area contributed by atoms with Gasteiger partial charge in [0.2, 0.25) is 0 Å². The summed E-state index contributed by atoms with van der Waals surface area (Å²) in [4.78, 5) is 4.29. The number of ether oxygens (including phenoxy) is 1. The van der Waals surface area contributed by atoms with Gasteiger partial charge >= 0.3 is 0 Å². The van der Waals surface area contributed by atoms with Crippen LogP contribution in [0.5, 0.6) is 5.75 Å². The van der Waals surface area contributed by atoms with Gasteiger partial charge in [-0.3, -0.25) is 4.99 Å². The summed E-state index contributed by atoms with van der Waals surface area (Å²) < 4.78 is 5.54. The third-order valence-electron chi connectivity index (χ3n) is 1.98. The molecule has 2 rings (SSSR count). The van der Waals surface area contributed by atoms with Crippen LogP contribution in [0, 0.1) is 0 Å². The standard InChI is InChI=1S/C11H14N2OS/c1-2-4-10(5-3-1)14-8-6-12-11-13-7-9-15-11/h1-5H,6-9H2,(H,12,13). The van der Waals surface area contributed by atoms with Crippen molar-refractivity contribution in [1.29, 1.82) is 0 Å². The quantitative estimate of drug-likeness (QED) is 0.788. The molecule has 0 fully saturated rings. The maximum Gasteiger partial charge on any atom is 0.156 e. The molecule has 0 spiro atoms. The lowest BCUT2D eigenvalue weighted by atomic mass is 10.3. The van der Waals surface area contributed by atoms with Crippen LogP contribution in [0.2, 0.25) is 0 Å². The summed E-state index contributed by atoms with van der Waals surface area (Å²) in [6, 6.07) is 9.85. The normalized spacial score (nSPS) is 14.8. The molecule has 0 amide bonds. The number of hydrogen-bond donors (Lipinski definition) is 1. The number of para-hydroxylation sites is 1. The van der Waals surface area contributed by atoms with Crippen LogP contribution >= 0.6 is 11.8 Å². The van der Waals surface area contributed by atoms with Gasteiger partial charge in [0.05, 0.1) is 13.1 Å². The third-order valence-corrected chi connectivity index (χ3v) is 2.91. The Balaban J connectivity index is 1.63. The van der Waals surface area contributed by atoms with E-state index in [0.717, 1.165) is 29.8 Å². The molecule has 0 saturated heterocycles. The summed E-state index contributed by atoms with van der Waals surface area (Å²) in [5, 5.41) is 4.29. The zero-order valence-electron chi connectivity index (χ0n) is 8.48. The highest BCUT2D eigenvalue weighted by molar-refractivity contribution is 8.14. The first-order chi connectivity index (χ1) is 7.45. The third kappa shape index (κ3) is 3.47. The van der Waals surface area contributed by atoms with Crippen molar-refractivity contribution in [3.8, 4) is 5.75 Å². The molecule has 1 aliphatic rings. The first-order valence-electron chi connectivity index (χ1n) is 5.04. The van der Waals surface area contributed by atoms with Crippen molar-refractivity contribution in [1.82, 2.24) is 5.32 Å². The Morgan fingerprint density at radius 1 is 1.33 bits per heavy atom. The second-order valence-corrected chi connectivity index (χ2v) is 4.21. The Morgan fingerprint density at radius 3 is 2.93 bits per heavy atom. The van der Waals surface area contributed by atoms with Gasteiger partial charge in [-0.2, -0.15) is 0 Å². The number of benzene rings is 1. The molecule has 4 heteroatoms. The van der Waals surface area contributed by atoms with Crippen molar-refractivity contribution >= 4 is 16.9 Å². The molecule has 0 bridgehead atoms. The van der Waals surface area contributed by atoms with Gasteiger partial charge in [0.15, 0.2) is 5.17 Å². The minimum Gasteiger partial charge on any atom is -0.492 e. The van der Waals surface area contributed by atoms with Crippen LogP contribution in [0.4, 0.5) is 0 Å². The number of nitrogens with one attached hydrogen (secondary N) is 1. The highest BCUT2D eigenvalue weighted by Gasteiger charge is 2.04. The molecule has 1 aromatic rings. The summed E-state index contributed by atoms with van der Waals surface area (Å²) in [5.41, 5.74) is 0. The SMILES string of the molecule is c1ccc(OCCNC2=NCCS2)cc1. The molecule has 1 heterocycles. The van der Waals surface area contributed by atoms with E-state index in [0.29, 0.717) is 6.61 Å². The zero-order valence-corrected chi connectivity index (χ0v) is 9.30. The van der Waals surface area contributed by atoms with Crippen LogP contribution in [0.1, 0.15) is 0 Å². The molecule has 1 aromatic carbocycles. The second-order valence-electron chi connectivity index (χ2n) is 3.12. The van der Waals surface area contributed by atoms with E-state index in [9.17, 15) is 0 Å². The fourth-order valence-corrected chi connectivity index (χ4v) is 2.05. The molecule has 1 N–H and O–H groups in total. The molecule has 80 valence electrons. The van der Waals surface area contributed by atoms with Gasteiger partial charge in [-0.1, -0.05) is 30.0 Å². The summed E-state index contributed by atoms with van der Waals surface area (Å²) in [6.07, 6.45) is 0. The maximum absolute atomic E-state index is 5.54. The summed E-state index contributed by atoms with van der Waals surface area (Å²) in [6.45, 7) is 2.41. The Hall–Kier alpha value is -1.16. The van der Waals surface area contributed by atoms with Gasteiger partial charge in [0.1, 0.15) is 12.4 Å². The minimum atomic E-state index is 0.670. The van der Waals surface area contributed by atoms with E-state index in [4.69, 9.17) is 4.74 Å². The first kappa shape index (κ1) is 10.4. The van der Waals surface area contributed by atoms with Crippen LogP contribution in [0.25, 0.3) is 0 Å². The Labute approximate surface area is 93.9 Å². The molecule has 3 nitrogen and oxygen atoms in total. The van der Waals surface area contributed by atoms with Crippen LogP contribution in [-0.2, 0) is 0 Å². The first-order valence-corrected chi connectivity index (χ1v) is 6.03. The fourth-order valence-electron chi connectivity index (χ4n) is 1.29. The van der Waals surface area contributed by atoms with E-state index in [1.165, 1.54) is 0 Å². The number of aliphatic imine (C=N–C) groups is 1. The minimum absolute atomic E-state index is 0.670.